The quantitative estimate of drug-likeness (QED) is 0.788. The molecule has 0 aliphatic carbocycles. The Kier molecular flexibility index (Phi) is 5.50. The maximum atomic E-state index is 12.6. The maximum Gasteiger partial charge on any atom is 0.305 e. The van der Waals surface area contributed by atoms with Gasteiger partial charge in [0.2, 0.25) is 5.88 Å². The summed E-state index contributed by atoms with van der Waals surface area (Å²) in [5, 5.41) is 12.1. The van der Waals surface area contributed by atoms with Crippen LogP contribution in [-0.4, -0.2) is 60.0 Å². The fourth-order valence-electron chi connectivity index (χ4n) is 3.10. The van der Waals surface area contributed by atoms with Crippen LogP contribution in [0.3, 0.4) is 0 Å². The summed E-state index contributed by atoms with van der Waals surface area (Å²) >= 11 is 0. The fourth-order valence-corrected chi connectivity index (χ4v) is 3.10. The minimum atomic E-state index is -0.942. The highest BCUT2D eigenvalue weighted by atomic mass is 16.5. The Hall–Kier alpha value is -2.19. The second kappa shape index (κ2) is 7.79. The van der Waals surface area contributed by atoms with Crippen LogP contribution in [0, 0.1) is 0 Å². The molecule has 0 bridgehead atoms. The largest absolute Gasteiger partial charge is 0.481 e. The molecule has 2 N–H and O–H groups in total. The molecule has 136 valence electrons. The first-order valence-electron chi connectivity index (χ1n) is 8.39. The average Bonchev–Trinajstić information content (AvgIpc) is 3.08. The number of pyridine rings is 1. The molecule has 0 aromatic carbocycles. The van der Waals surface area contributed by atoms with Gasteiger partial charge in [-0.15, -0.1) is 0 Å². The first kappa shape index (κ1) is 17.6. The van der Waals surface area contributed by atoms with E-state index in [1.165, 1.54) is 6.20 Å². The molecule has 0 spiro atoms. The maximum absolute atomic E-state index is 12.6. The van der Waals surface area contributed by atoms with Crippen LogP contribution >= 0.6 is 0 Å². The van der Waals surface area contributed by atoms with E-state index in [-0.39, 0.29) is 18.4 Å². The van der Waals surface area contributed by atoms with Gasteiger partial charge < -0.3 is 24.6 Å². The number of aliphatic carboxylic acids is 1. The number of carbonyl (C=O) groups excluding carboxylic acids is 1. The number of rotatable bonds is 6. The molecule has 0 saturated carbocycles. The van der Waals surface area contributed by atoms with Gasteiger partial charge >= 0.3 is 5.97 Å². The topological polar surface area (TPSA) is 107 Å². The number of aromatic nitrogens is 1. The standard InChI is InChI=1S/C17H22N2O6/c20-15(21)10-17(3-7-23-8-4-17)19-16(22)12-1-5-18-14(9-12)25-13-2-6-24-11-13/h1,5,9,13H,2-4,6-8,10-11H2,(H,19,22)(H,20,21). The smallest absolute Gasteiger partial charge is 0.305 e. The van der Waals surface area contributed by atoms with E-state index in [0.29, 0.717) is 50.7 Å². The van der Waals surface area contributed by atoms with E-state index in [4.69, 9.17) is 14.2 Å². The molecule has 1 aromatic heterocycles. The van der Waals surface area contributed by atoms with Gasteiger partial charge in [0.05, 0.1) is 25.2 Å². The molecule has 8 nitrogen and oxygen atoms in total. The van der Waals surface area contributed by atoms with E-state index >= 15 is 0 Å². The fraction of sp³-hybridized carbons (Fsp3) is 0.588. The summed E-state index contributed by atoms with van der Waals surface area (Å²) in [7, 11) is 0. The second-order valence-electron chi connectivity index (χ2n) is 6.40. The zero-order chi connectivity index (χ0) is 17.7. The van der Waals surface area contributed by atoms with Crippen LogP contribution in [0.1, 0.15) is 36.0 Å². The molecule has 3 heterocycles. The first-order chi connectivity index (χ1) is 12.1. The van der Waals surface area contributed by atoms with Crippen molar-refractivity contribution in [3.8, 4) is 5.88 Å². The van der Waals surface area contributed by atoms with E-state index < -0.39 is 11.5 Å². The Morgan fingerprint density at radius 2 is 2.12 bits per heavy atom. The Morgan fingerprint density at radius 1 is 1.32 bits per heavy atom. The third kappa shape index (κ3) is 4.67. The molecule has 2 fully saturated rings. The molecule has 1 aromatic rings. The Morgan fingerprint density at radius 3 is 2.80 bits per heavy atom. The Balaban J connectivity index is 1.69. The van der Waals surface area contributed by atoms with Crippen LogP contribution in [0.4, 0.5) is 0 Å². The molecule has 2 saturated heterocycles. The zero-order valence-electron chi connectivity index (χ0n) is 13.9. The van der Waals surface area contributed by atoms with Crippen molar-refractivity contribution in [3.05, 3.63) is 23.9 Å². The average molecular weight is 350 g/mol. The van der Waals surface area contributed by atoms with Crippen LogP contribution in [0.25, 0.3) is 0 Å². The van der Waals surface area contributed by atoms with Gasteiger partial charge in [-0.1, -0.05) is 0 Å². The molecule has 0 radical (unpaired) electrons. The number of hydrogen-bond acceptors (Lipinski definition) is 6. The predicted octanol–water partition coefficient (Wildman–Crippen LogP) is 1.00. The minimum absolute atomic E-state index is 0.0559. The van der Waals surface area contributed by atoms with E-state index in [9.17, 15) is 14.7 Å². The molecule has 1 atom stereocenters. The second-order valence-corrected chi connectivity index (χ2v) is 6.40. The van der Waals surface area contributed by atoms with Crippen molar-refractivity contribution in [2.45, 2.75) is 37.3 Å². The van der Waals surface area contributed by atoms with Crippen LogP contribution in [0.2, 0.25) is 0 Å². The van der Waals surface area contributed by atoms with Crippen LogP contribution < -0.4 is 10.1 Å². The van der Waals surface area contributed by atoms with E-state index in [1.54, 1.807) is 12.1 Å². The van der Waals surface area contributed by atoms with Gasteiger partial charge in [-0.3, -0.25) is 9.59 Å². The number of hydrogen-bond donors (Lipinski definition) is 2. The SMILES string of the molecule is O=C(O)CC1(NC(=O)c2ccnc(OC3CCOC3)c2)CCOCC1. The van der Waals surface area contributed by atoms with Gasteiger partial charge in [-0.05, 0) is 18.9 Å². The van der Waals surface area contributed by atoms with Gasteiger partial charge in [-0.2, -0.15) is 0 Å². The third-order valence-corrected chi connectivity index (χ3v) is 4.49. The van der Waals surface area contributed by atoms with Crippen molar-refractivity contribution in [3.63, 3.8) is 0 Å². The van der Waals surface area contributed by atoms with Crippen molar-refractivity contribution >= 4 is 11.9 Å². The lowest BCUT2D eigenvalue weighted by atomic mass is 9.86. The van der Waals surface area contributed by atoms with E-state index in [0.717, 1.165) is 6.42 Å². The highest BCUT2D eigenvalue weighted by Crippen LogP contribution is 2.25. The normalized spacial score (nSPS) is 22.3. The van der Waals surface area contributed by atoms with Gasteiger partial charge in [0.15, 0.2) is 0 Å². The monoisotopic (exact) mass is 350 g/mol. The molecule has 1 unspecified atom stereocenters. The summed E-state index contributed by atoms with van der Waals surface area (Å²) in [6, 6.07) is 3.16. The number of carboxylic acid groups (broad SMARTS) is 1. The highest BCUT2D eigenvalue weighted by Gasteiger charge is 2.36. The number of ether oxygens (including phenoxy) is 3. The molecule has 3 rings (SSSR count). The van der Waals surface area contributed by atoms with Gasteiger partial charge in [0, 0.05) is 37.5 Å². The van der Waals surface area contributed by atoms with Gasteiger partial charge in [0.25, 0.3) is 5.91 Å². The van der Waals surface area contributed by atoms with Gasteiger partial charge in [-0.25, -0.2) is 4.98 Å². The summed E-state index contributed by atoms with van der Waals surface area (Å²) < 4.78 is 16.3. The van der Waals surface area contributed by atoms with Crippen molar-refractivity contribution in [2.75, 3.05) is 26.4 Å². The number of carboxylic acids is 1. The lowest BCUT2D eigenvalue weighted by Crippen LogP contribution is -2.53. The zero-order valence-corrected chi connectivity index (χ0v) is 13.9. The molecular weight excluding hydrogens is 328 g/mol. The molecular formula is C17H22N2O6. The molecule has 25 heavy (non-hydrogen) atoms. The predicted molar refractivity (Wildman–Crippen MR) is 86.6 cm³/mol. The van der Waals surface area contributed by atoms with E-state index in [2.05, 4.69) is 10.3 Å². The Bertz CT molecular complexity index is 623. The first-order valence-corrected chi connectivity index (χ1v) is 8.39. The third-order valence-electron chi connectivity index (χ3n) is 4.49. The van der Waals surface area contributed by atoms with Crippen LogP contribution in [-0.2, 0) is 14.3 Å². The number of nitrogens with zero attached hydrogens (tertiary/aromatic N) is 1. The minimum Gasteiger partial charge on any atom is -0.481 e. The lowest BCUT2D eigenvalue weighted by molar-refractivity contribution is -0.139. The Labute approximate surface area is 145 Å². The summed E-state index contributed by atoms with van der Waals surface area (Å²) in [5.74, 6) is -0.914. The summed E-state index contributed by atoms with van der Waals surface area (Å²) in [4.78, 5) is 28.0. The van der Waals surface area contributed by atoms with Crippen LogP contribution in [0.15, 0.2) is 18.3 Å². The summed E-state index contributed by atoms with van der Waals surface area (Å²) in [5.41, 5.74) is -0.398. The lowest BCUT2D eigenvalue weighted by Gasteiger charge is -2.36. The van der Waals surface area contributed by atoms with Crippen molar-refractivity contribution < 1.29 is 28.9 Å². The highest BCUT2D eigenvalue weighted by molar-refractivity contribution is 5.95. The molecule has 1 amide bonds. The summed E-state index contributed by atoms with van der Waals surface area (Å²) in [6.07, 6.45) is 3.06. The van der Waals surface area contributed by atoms with Crippen molar-refractivity contribution in [1.29, 1.82) is 0 Å². The van der Waals surface area contributed by atoms with Crippen molar-refractivity contribution in [2.24, 2.45) is 0 Å². The van der Waals surface area contributed by atoms with Crippen molar-refractivity contribution in [1.82, 2.24) is 10.3 Å². The molecule has 2 aliphatic heterocycles. The van der Waals surface area contributed by atoms with Gasteiger partial charge in [0.1, 0.15) is 6.10 Å². The van der Waals surface area contributed by atoms with E-state index in [1.807, 2.05) is 0 Å². The molecule has 2 aliphatic rings. The molecule has 8 heteroatoms. The van der Waals surface area contributed by atoms with Crippen LogP contribution in [0.5, 0.6) is 5.88 Å². The summed E-state index contributed by atoms with van der Waals surface area (Å²) in [6.45, 7) is 2.03. The number of nitrogens with one attached hydrogen (secondary N) is 1. The number of carbonyl (C=O) groups is 2. The number of amides is 1.